The zero-order chi connectivity index (χ0) is 11.4. The van der Waals surface area contributed by atoms with E-state index < -0.39 is 0 Å². The maximum absolute atomic E-state index is 7.30. The normalized spacial score (nSPS) is 9.41. The van der Waals surface area contributed by atoms with Crippen LogP contribution in [-0.4, -0.2) is 5.84 Å². The topological polar surface area (TPSA) is 49.9 Å². The molecular weight excluding hydrogens is 232 g/mol. The van der Waals surface area contributed by atoms with Gasteiger partial charge in [0.15, 0.2) is 0 Å². The van der Waals surface area contributed by atoms with Crippen molar-refractivity contribution in [2.24, 2.45) is 5.73 Å². The molecule has 17 heavy (non-hydrogen) atoms. The fraction of sp³-hybridized carbons (Fsp3) is 0.0714. The largest absolute Gasteiger partial charge is 0.384 e. The van der Waals surface area contributed by atoms with Crippen LogP contribution in [0.3, 0.4) is 0 Å². The number of nitrogens with two attached hydrogens (primary N) is 1. The van der Waals surface area contributed by atoms with E-state index in [-0.39, 0.29) is 18.2 Å². The van der Waals surface area contributed by atoms with E-state index in [1.807, 2.05) is 42.5 Å². The summed E-state index contributed by atoms with van der Waals surface area (Å²) in [7, 11) is 0. The highest BCUT2D eigenvalue weighted by molar-refractivity contribution is 5.94. The van der Waals surface area contributed by atoms with Crippen LogP contribution in [0.5, 0.6) is 0 Å². The lowest BCUT2D eigenvalue weighted by atomic mass is 10.0. The smallest absolute Gasteiger partial charge is 0.122 e. The van der Waals surface area contributed by atoms with Crippen LogP contribution in [0.2, 0.25) is 0 Å². The number of rotatable bonds is 3. The van der Waals surface area contributed by atoms with Gasteiger partial charge < -0.3 is 5.73 Å². The van der Waals surface area contributed by atoms with Gasteiger partial charge in [-0.2, -0.15) is 0 Å². The van der Waals surface area contributed by atoms with Crippen LogP contribution in [0.15, 0.2) is 54.6 Å². The van der Waals surface area contributed by atoms with Crippen LogP contribution < -0.4 is 5.73 Å². The zero-order valence-electron chi connectivity index (χ0n) is 9.39. The van der Waals surface area contributed by atoms with Crippen molar-refractivity contribution in [3.63, 3.8) is 0 Å². The molecule has 0 aliphatic rings. The fourth-order valence-corrected chi connectivity index (χ4v) is 1.63. The minimum absolute atomic E-state index is 0. The molecule has 0 aliphatic carbocycles. The molecule has 0 aliphatic heterocycles. The van der Waals surface area contributed by atoms with Gasteiger partial charge in [-0.25, -0.2) is 0 Å². The van der Waals surface area contributed by atoms with E-state index in [0.29, 0.717) is 0 Å². The Labute approximate surface area is 107 Å². The Hall–Kier alpha value is -1.80. The summed E-state index contributed by atoms with van der Waals surface area (Å²) < 4.78 is 0. The van der Waals surface area contributed by atoms with Crippen molar-refractivity contribution in [1.29, 1.82) is 5.41 Å². The summed E-state index contributed by atoms with van der Waals surface area (Å²) in [6, 6.07) is 18.1. The zero-order valence-corrected chi connectivity index (χ0v) is 10.2. The number of halogens is 1. The molecule has 3 N–H and O–H groups in total. The number of hydrogen-bond acceptors (Lipinski definition) is 1. The van der Waals surface area contributed by atoms with Crippen molar-refractivity contribution in [3.8, 4) is 0 Å². The summed E-state index contributed by atoms with van der Waals surface area (Å²) >= 11 is 0. The molecule has 0 radical (unpaired) electrons. The van der Waals surface area contributed by atoms with E-state index in [0.717, 1.165) is 12.0 Å². The molecule has 0 unspecified atom stereocenters. The Balaban J connectivity index is 0.00000144. The number of nitrogen functional groups attached to an aromatic ring is 1. The van der Waals surface area contributed by atoms with Crippen LogP contribution >= 0.6 is 12.4 Å². The van der Waals surface area contributed by atoms with Crippen molar-refractivity contribution < 1.29 is 0 Å². The second kappa shape index (κ2) is 6.06. The van der Waals surface area contributed by atoms with E-state index in [9.17, 15) is 0 Å². The number of amidine groups is 1. The Bertz CT molecular complexity index is 477. The molecule has 0 aromatic heterocycles. The van der Waals surface area contributed by atoms with Gasteiger partial charge in [0.1, 0.15) is 5.84 Å². The van der Waals surface area contributed by atoms with E-state index >= 15 is 0 Å². The third-order valence-electron chi connectivity index (χ3n) is 2.52. The van der Waals surface area contributed by atoms with Crippen LogP contribution in [-0.2, 0) is 6.42 Å². The summed E-state index contributed by atoms with van der Waals surface area (Å²) in [6.07, 6.45) is 0.916. The lowest BCUT2D eigenvalue weighted by molar-refractivity contribution is 1.19. The van der Waals surface area contributed by atoms with Gasteiger partial charge in [-0.3, -0.25) is 5.41 Å². The first-order valence-corrected chi connectivity index (χ1v) is 5.23. The summed E-state index contributed by atoms with van der Waals surface area (Å²) in [6.45, 7) is 0. The van der Waals surface area contributed by atoms with E-state index in [1.165, 1.54) is 11.1 Å². The maximum atomic E-state index is 7.30. The van der Waals surface area contributed by atoms with Crippen LogP contribution in [0.4, 0.5) is 0 Å². The molecule has 0 spiro atoms. The second-order valence-electron chi connectivity index (χ2n) is 3.77. The first kappa shape index (κ1) is 13.3. The highest BCUT2D eigenvalue weighted by Crippen LogP contribution is 2.10. The van der Waals surface area contributed by atoms with Crippen LogP contribution in [0.1, 0.15) is 16.7 Å². The lowest BCUT2D eigenvalue weighted by Crippen LogP contribution is -2.10. The summed E-state index contributed by atoms with van der Waals surface area (Å²) in [4.78, 5) is 0. The maximum Gasteiger partial charge on any atom is 0.122 e. The minimum Gasteiger partial charge on any atom is -0.384 e. The number of nitrogens with one attached hydrogen (secondary N) is 1. The lowest BCUT2D eigenvalue weighted by Gasteiger charge is -2.03. The van der Waals surface area contributed by atoms with E-state index in [2.05, 4.69) is 12.1 Å². The summed E-state index contributed by atoms with van der Waals surface area (Å²) in [5, 5.41) is 7.30. The molecule has 0 saturated heterocycles. The van der Waals surface area contributed by atoms with E-state index in [4.69, 9.17) is 11.1 Å². The quantitative estimate of drug-likeness (QED) is 0.635. The molecule has 0 amide bonds. The Kier molecular flexibility index (Phi) is 4.73. The Morgan fingerprint density at radius 2 is 1.41 bits per heavy atom. The molecule has 0 bridgehead atoms. The molecule has 3 heteroatoms. The molecule has 0 heterocycles. The molecule has 2 nitrogen and oxygen atoms in total. The molecule has 0 saturated carbocycles. The molecular formula is C14H15ClN2. The van der Waals surface area contributed by atoms with Crippen molar-refractivity contribution in [2.75, 3.05) is 0 Å². The molecule has 0 atom stereocenters. The van der Waals surface area contributed by atoms with Gasteiger partial charge in [-0.05, 0) is 17.5 Å². The standard InChI is InChI=1S/C14H14N2.ClH/c15-14(16)13-8-6-12(7-9-13)10-11-4-2-1-3-5-11;/h1-9H,10H2,(H3,15,16);1H. The van der Waals surface area contributed by atoms with Gasteiger partial charge in [0.2, 0.25) is 0 Å². The van der Waals surface area contributed by atoms with Crippen molar-refractivity contribution in [3.05, 3.63) is 71.3 Å². The second-order valence-corrected chi connectivity index (χ2v) is 3.77. The van der Waals surface area contributed by atoms with Crippen molar-refractivity contribution >= 4 is 18.2 Å². The molecule has 2 rings (SSSR count). The predicted octanol–water partition coefficient (Wildman–Crippen LogP) is 2.98. The van der Waals surface area contributed by atoms with Gasteiger partial charge >= 0.3 is 0 Å². The van der Waals surface area contributed by atoms with Crippen molar-refractivity contribution in [2.45, 2.75) is 6.42 Å². The minimum atomic E-state index is 0. The third-order valence-corrected chi connectivity index (χ3v) is 2.52. The van der Waals surface area contributed by atoms with Crippen LogP contribution in [0.25, 0.3) is 0 Å². The summed E-state index contributed by atoms with van der Waals surface area (Å²) in [5.74, 6) is 0.117. The highest BCUT2D eigenvalue weighted by Gasteiger charge is 1.98. The van der Waals surface area contributed by atoms with Crippen LogP contribution in [0, 0.1) is 5.41 Å². The van der Waals surface area contributed by atoms with Crippen molar-refractivity contribution in [1.82, 2.24) is 0 Å². The predicted molar refractivity (Wildman–Crippen MR) is 74.0 cm³/mol. The Morgan fingerprint density at radius 1 is 0.882 bits per heavy atom. The number of hydrogen-bond donors (Lipinski definition) is 2. The van der Waals surface area contributed by atoms with Gasteiger partial charge in [-0.15, -0.1) is 12.4 Å². The first-order chi connectivity index (χ1) is 7.75. The Morgan fingerprint density at radius 3 is 1.94 bits per heavy atom. The first-order valence-electron chi connectivity index (χ1n) is 5.23. The van der Waals surface area contributed by atoms with Gasteiger partial charge in [0.05, 0.1) is 0 Å². The number of benzene rings is 2. The monoisotopic (exact) mass is 246 g/mol. The third kappa shape index (κ3) is 3.61. The van der Waals surface area contributed by atoms with E-state index in [1.54, 1.807) is 0 Å². The average molecular weight is 247 g/mol. The highest BCUT2D eigenvalue weighted by atomic mass is 35.5. The van der Waals surface area contributed by atoms with Gasteiger partial charge in [-0.1, -0.05) is 54.6 Å². The molecule has 0 fully saturated rings. The molecule has 88 valence electrons. The fourth-order valence-electron chi connectivity index (χ4n) is 1.63. The van der Waals surface area contributed by atoms with Gasteiger partial charge in [0.25, 0.3) is 0 Å². The molecule has 2 aromatic carbocycles. The SMILES string of the molecule is Cl.N=C(N)c1ccc(Cc2ccccc2)cc1. The average Bonchev–Trinajstić information content (AvgIpc) is 2.31. The molecule has 2 aromatic rings. The summed E-state index contributed by atoms with van der Waals surface area (Å²) in [5.41, 5.74) is 8.70. The van der Waals surface area contributed by atoms with Gasteiger partial charge in [0, 0.05) is 5.56 Å².